The number of hydrogen-bond donors (Lipinski definition) is 1. The summed E-state index contributed by atoms with van der Waals surface area (Å²) in [5.41, 5.74) is 1.75. The van der Waals surface area contributed by atoms with Crippen molar-refractivity contribution in [1.82, 2.24) is 4.90 Å². The normalized spacial score (nSPS) is 24.8. The van der Waals surface area contributed by atoms with Crippen LogP contribution in [0.3, 0.4) is 0 Å². The summed E-state index contributed by atoms with van der Waals surface area (Å²) in [6.07, 6.45) is 3.18. The van der Waals surface area contributed by atoms with Crippen LogP contribution in [0.15, 0.2) is 53.8 Å². The minimum Gasteiger partial charge on any atom is -0.504 e. The van der Waals surface area contributed by atoms with Crippen molar-refractivity contribution in [3.8, 4) is 11.5 Å². The van der Waals surface area contributed by atoms with Crippen LogP contribution in [0, 0.1) is 11.7 Å². The van der Waals surface area contributed by atoms with E-state index in [4.69, 9.17) is 9.47 Å². The monoisotopic (exact) mass is 437 g/mol. The van der Waals surface area contributed by atoms with Crippen LogP contribution in [0.25, 0.3) is 0 Å². The van der Waals surface area contributed by atoms with E-state index in [1.807, 2.05) is 0 Å². The van der Waals surface area contributed by atoms with Gasteiger partial charge >= 0.3 is 0 Å². The first-order valence-electron chi connectivity index (χ1n) is 10.8. The molecular weight excluding hydrogens is 413 g/mol. The quantitative estimate of drug-likeness (QED) is 0.782. The molecule has 1 amide bonds. The van der Waals surface area contributed by atoms with Crippen molar-refractivity contribution in [3.63, 3.8) is 0 Å². The van der Waals surface area contributed by atoms with Gasteiger partial charge < -0.3 is 19.5 Å². The van der Waals surface area contributed by atoms with Crippen LogP contribution in [0.4, 0.5) is 4.39 Å². The maximum atomic E-state index is 13.6. The summed E-state index contributed by atoms with van der Waals surface area (Å²) < 4.78 is 24.8. The molecule has 2 aromatic rings. The lowest BCUT2D eigenvalue weighted by atomic mass is 9.77. The molecule has 1 saturated carbocycles. The fourth-order valence-corrected chi connectivity index (χ4v) is 5.05. The van der Waals surface area contributed by atoms with E-state index >= 15 is 0 Å². The molecule has 0 radical (unpaired) electrons. The highest BCUT2D eigenvalue weighted by atomic mass is 19.1. The van der Waals surface area contributed by atoms with Gasteiger partial charge in [0.05, 0.1) is 24.6 Å². The molecule has 0 spiro atoms. The first-order chi connectivity index (χ1) is 15.5. The smallest absolute Gasteiger partial charge is 0.290 e. The van der Waals surface area contributed by atoms with Gasteiger partial charge in [-0.25, -0.2) is 4.39 Å². The first kappa shape index (κ1) is 20.5. The summed E-state index contributed by atoms with van der Waals surface area (Å²) in [4.78, 5) is 28.6. The molecule has 1 fully saturated rings. The number of rotatable bonds is 4. The molecule has 3 atom stereocenters. The lowest BCUT2D eigenvalue weighted by Gasteiger charge is -2.35. The van der Waals surface area contributed by atoms with Crippen molar-refractivity contribution in [3.05, 3.63) is 70.7 Å². The van der Waals surface area contributed by atoms with Gasteiger partial charge in [0.1, 0.15) is 11.9 Å². The van der Waals surface area contributed by atoms with Gasteiger partial charge in [-0.1, -0.05) is 24.6 Å². The maximum Gasteiger partial charge on any atom is 0.290 e. The van der Waals surface area contributed by atoms with Gasteiger partial charge in [0.15, 0.2) is 23.0 Å². The second kappa shape index (κ2) is 7.97. The van der Waals surface area contributed by atoms with Crippen molar-refractivity contribution < 1.29 is 28.6 Å². The van der Waals surface area contributed by atoms with E-state index in [9.17, 15) is 19.1 Å². The van der Waals surface area contributed by atoms with Crippen LogP contribution in [0.5, 0.6) is 11.5 Å². The zero-order valence-electron chi connectivity index (χ0n) is 17.7. The van der Waals surface area contributed by atoms with E-state index in [0.717, 1.165) is 31.2 Å². The van der Waals surface area contributed by atoms with Crippen molar-refractivity contribution in [2.24, 2.45) is 5.92 Å². The highest BCUT2D eigenvalue weighted by Gasteiger charge is 2.51. The van der Waals surface area contributed by atoms with Crippen LogP contribution in [-0.4, -0.2) is 34.9 Å². The Balaban J connectivity index is 1.60. The van der Waals surface area contributed by atoms with Gasteiger partial charge in [-0.2, -0.15) is 0 Å². The van der Waals surface area contributed by atoms with E-state index in [2.05, 4.69) is 0 Å². The van der Waals surface area contributed by atoms with Gasteiger partial charge in [0.2, 0.25) is 0 Å². The SMILES string of the molecule is COc1cc(C2C3=C(OC4CCCCC4C3=O)C(=O)N2Cc2ccc(F)cc2)ccc1O. The fraction of sp³-hybridized carbons (Fsp3) is 0.360. The number of hydrogen-bond acceptors (Lipinski definition) is 5. The number of ether oxygens (including phenoxy) is 2. The van der Waals surface area contributed by atoms with Crippen LogP contribution >= 0.6 is 0 Å². The number of carbonyl (C=O) groups is 2. The second-order valence-corrected chi connectivity index (χ2v) is 8.55. The summed E-state index contributed by atoms with van der Waals surface area (Å²) >= 11 is 0. The summed E-state index contributed by atoms with van der Waals surface area (Å²) in [5, 5.41) is 10.1. The molecule has 2 aromatic carbocycles. The third-order valence-corrected chi connectivity index (χ3v) is 6.64. The maximum absolute atomic E-state index is 13.6. The zero-order valence-corrected chi connectivity index (χ0v) is 17.7. The molecule has 0 bridgehead atoms. The van der Waals surface area contributed by atoms with Gasteiger partial charge in [0, 0.05) is 6.54 Å². The summed E-state index contributed by atoms with van der Waals surface area (Å²) in [6, 6.07) is 10.1. The highest BCUT2D eigenvalue weighted by Crippen LogP contribution is 2.48. The predicted molar refractivity (Wildman–Crippen MR) is 113 cm³/mol. The molecule has 6 nitrogen and oxygen atoms in total. The summed E-state index contributed by atoms with van der Waals surface area (Å²) in [6.45, 7) is 0.186. The number of fused-ring (bicyclic) bond motifs is 1. The minimum atomic E-state index is -0.674. The Morgan fingerprint density at radius 3 is 2.62 bits per heavy atom. The van der Waals surface area contributed by atoms with Gasteiger partial charge in [0.25, 0.3) is 5.91 Å². The van der Waals surface area contributed by atoms with E-state index in [0.29, 0.717) is 11.1 Å². The molecule has 2 aliphatic heterocycles. The third-order valence-electron chi connectivity index (χ3n) is 6.64. The number of benzene rings is 2. The highest BCUT2D eigenvalue weighted by molar-refractivity contribution is 6.11. The zero-order chi connectivity index (χ0) is 22.4. The molecule has 166 valence electrons. The Labute approximate surface area is 185 Å². The molecule has 5 rings (SSSR count). The van der Waals surface area contributed by atoms with Gasteiger partial charge in [-0.15, -0.1) is 0 Å². The molecule has 2 heterocycles. The van der Waals surface area contributed by atoms with E-state index in [1.165, 1.54) is 25.3 Å². The Bertz CT molecular complexity index is 1110. The second-order valence-electron chi connectivity index (χ2n) is 8.55. The van der Waals surface area contributed by atoms with Crippen molar-refractivity contribution in [1.29, 1.82) is 0 Å². The summed E-state index contributed by atoms with van der Waals surface area (Å²) in [7, 11) is 1.45. The molecule has 3 unspecified atom stereocenters. The topological polar surface area (TPSA) is 76.1 Å². The van der Waals surface area contributed by atoms with Crippen LogP contribution in [0.2, 0.25) is 0 Å². The standard InChI is InChI=1S/C25H24FNO5/c1-31-20-12-15(8-11-18(20)28)22-21-23(29)17-4-2-3-5-19(17)32-24(21)25(30)27(22)13-14-6-9-16(26)10-7-14/h6-12,17,19,22,28H,2-5,13H2,1H3. The Kier molecular flexibility index (Phi) is 5.12. The number of phenolic OH excluding ortho intramolecular Hbond substituents is 1. The molecule has 7 heteroatoms. The first-order valence-corrected chi connectivity index (χ1v) is 10.8. The van der Waals surface area contributed by atoms with Crippen molar-refractivity contribution in [2.45, 2.75) is 44.4 Å². The molecular formula is C25H24FNO5. The predicted octanol–water partition coefficient (Wildman–Crippen LogP) is 4.04. The molecule has 0 saturated heterocycles. The number of nitrogens with zero attached hydrogens (tertiary/aromatic N) is 1. The molecule has 32 heavy (non-hydrogen) atoms. The number of carbonyl (C=O) groups excluding carboxylic acids is 2. The average Bonchev–Trinajstić information content (AvgIpc) is 3.08. The minimum absolute atomic E-state index is 0.0292. The fourth-order valence-electron chi connectivity index (χ4n) is 5.05. The number of aromatic hydroxyl groups is 1. The van der Waals surface area contributed by atoms with Crippen LogP contribution in [-0.2, 0) is 20.9 Å². The average molecular weight is 437 g/mol. The number of amides is 1. The Morgan fingerprint density at radius 2 is 1.88 bits per heavy atom. The van der Waals surface area contributed by atoms with Crippen molar-refractivity contribution >= 4 is 11.7 Å². The lowest BCUT2D eigenvalue weighted by molar-refractivity contribution is -0.135. The molecule has 0 aromatic heterocycles. The molecule has 3 aliphatic rings. The van der Waals surface area contributed by atoms with E-state index in [1.54, 1.807) is 29.2 Å². The third kappa shape index (κ3) is 3.32. The number of methoxy groups -OCH3 is 1. The van der Waals surface area contributed by atoms with Crippen LogP contribution < -0.4 is 4.74 Å². The summed E-state index contributed by atoms with van der Waals surface area (Å²) in [5.74, 6) is -0.647. The number of Topliss-reactive ketones (excluding diaryl/α,β-unsaturated/α-hetero) is 1. The molecule has 1 N–H and O–H groups in total. The lowest BCUT2D eigenvalue weighted by Crippen LogP contribution is -2.39. The van der Waals surface area contributed by atoms with E-state index < -0.39 is 6.04 Å². The molecule has 1 aliphatic carbocycles. The van der Waals surface area contributed by atoms with Crippen molar-refractivity contribution in [2.75, 3.05) is 7.11 Å². The van der Waals surface area contributed by atoms with E-state index in [-0.39, 0.29) is 53.3 Å². The Morgan fingerprint density at radius 1 is 1.12 bits per heavy atom. The number of ketones is 1. The number of phenols is 1. The number of halogens is 1. The van der Waals surface area contributed by atoms with Gasteiger partial charge in [-0.3, -0.25) is 9.59 Å². The van der Waals surface area contributed by atoms with Gasteiger partial charge in [-0.05, 0) is 54.7 Å². The largest absolute Gasteiger partial charge is 0.504 e. The Hall–Kier alpha value is -3.35. The van der Waals surface area contributed by atoms with Crippen LogP contribution in [0.1, 0.15) is 42.9 Å².